The topological polar surface area (TPSA) is 48.5 Å². The summed E-state index contributed by atoms with van der Waals surface area (Å²) in [6.45, 7) is 6.19. The summed E-state index contributed by atoms with van der Waals surface area (Å²) in [5, 5.41) is 3.23. The molecule has 3 heterocycles. The molecule has 1 aromatic heterocycles. The van der Waals surface area contributed by atoms with Crippen LogP contribution in [0, 0.1) is 5.92 Å². The quantitative estimate of drug-likeness (QED) is 0.749. The Morgan fingerprint density at radius 1 is 1.07 bits per heavy atom. The minimum Gasteiger partial charge on any atom is -0.352 e. The second-order valence-electron chi connectivity index (χ2n) is 9.02. The Bertz CT molecular complexity index is 681. The van der Waals surface area contributed by atoms with E-state index in [-0.39, 0.29) is 11.8 Å². The molecule has 5 heteroatoms. The zero-order valence-corrected chi connectivity index (χ0v) is 17.7. The third-order valence-electron chi connectivity index (χ3n) is 6.93. The van der Waals surface area contributed by atoms with E-state index in [0.29, 0.717) is 6.04 Å². The highest BCUT2D eigenvalue weighted by atomic mass is 16.1. The van der Waals surface area contributed by atoms with Crippen LogP contribution >= 0.6 is 0 Å². The van der Waals surface area contributed by atoms with Gasteiger partial charge in [-0.3, -0.25) is 19.6 Å². The van der Waals surface area contributed by atoms with Crippen molar-refractivity contribution in [3.05, 3.63) is 41.7 Å². The van der Waals surface area contributed by atoms with Crippen LogP contribution in [0.15, 0.2) is 36.2 Å². The first-order valence-corrected chi connectivity index (χ1v) is 11.6. The Morgan fingerprint density at radius 2 is 1.90 bits per heavy atom. The lowest BCUT2D eigenvalue weighted by molar-refractivity contribution is -0.127. The number of nitrogens with zero attached hydrogens (tertiary/aromatic N) is 3. The number of piperidine rings is 2. The van der Waals surface area contributed by atoms with E-state index in [0.717, 1.165) is 58.5 Å². The summed E-state index contributed by atoms with van der Waals surface area (Å²) in [6.07, 6.45) is 15.6. The minimum atomic E-state index is 0.169. The van der Waals surface area contributed by atoms with Crippen LogP contribution in [0.1, 0.15) is 56.9 Å². The molecule has 158 valence electrons. The molecule has 0 saturated carbocycles. The summed E-state index contributed by atoms with van der Waals surface area (Å²) in [6, 6.07) is 4.87. The Morgan fingerprint density at radius 3 is 2.66 bits per heavy atom. The molecule has 0 spiro atoms. The fourth-order valence-electron chi connectivity index (χ4n) is 5.15. The summed E-state index contributed by atoms with van der Waals surface area (Å²) < 4.78 is 0. The van der Waals surface area contributed by atoms with Crippen LogP contribution in [0.5, 0.6) is 0 Å². The van der Waals surface area contributed by atoms with Gasteiger partial charge >= 0.3 is 0 Å². The first-order chi connectivity index (χ1) is 14.3. The number of carbonyl (C=O) groups excluding carboxylic acids is 1. The number of carbonyl (C=O) groups is 1. The molecule has 1 unspecified atom stereocenters. The summed E-state index contributed by atoms with van der Waals surface area (Å²) >= 11 is 0. The van der Waals surface area contributed by atoms with Crippen molar-refractivity contribution in [2.45, 2.75) is 64.0 Å². The van der Waals surface area contributed by atoms with E-state index in [4.69, 9.17) is 0 Å². The van der Waals surface area contributed by atoms with E-state index >= 15 is 0 Å². The maximum atomic E-state index is 12.7. The van der Waals surface area contributed by atoms with Crippen molar-refractivity contribution < 1.29 is 4.79 Å². The van der Waals surface area contributed by atoms with E-state index < -0.39 is 0 Å². The van der Waals surface area contributed by atoms with Crippen molar-refractivity contribution in [3.63, 3.8) is 0 Å². The molecule has 1 atom stereocenters. The zero-order valence-electron chi connectivity index (χ0n) is 17.7. The maximum Gasteiger partial charge on any atom is 0.224 e. The van der Waals surface area contributed by atoms with Gasteiger partial charge in [0.15, 0.2) is 0 Å². The van der Waals surface area contributed by atoms with Gasteiger partial charge < -0.3 is 5.32 Å². The van der Waals surface area contributed by atoms with E-state index in [1.54, 1.807) is 0 Å². The van der Waals surface area contributed by atoms with Gasteiger partial charge in [-0.25, -0.2) is 0 Å². The largest absolute Gasteiger partial charge is 0.352 e. The number of nitrogens with one attached hydrogen (secondary N) is 1. The van der Waals surface area contributed by atoms with Crippen LogP contribution in [0.2, 0.25) is 0 Å². The molecule has 1 amide bonds. The minimum absolute atomic E-state index is 0.169. The van der Waals surface area contributed by atoms with Gasteiger partial charge in [0.1, 0.15) is 0 Å². The van der Waals surface area contributed by atoms with Crippen molar-refractivity contribution in [2.75, 3.05) is 32.7 Å². The van der Waals surface area contributed by atoms with E-state index in [1.165, 1.54) is 43.2 Å². The molecule has 5 nitrogen and oxygen atoms in total. The molecule has 0 aromatic carbocycles. The third-order valence-corrected chi connectivity index (χ3v) is 6.93. The summed E-state index contributed by atoms with van der Waals surface area (Å²) in [5.41, 5.74) is 2.78. The van der Waals surface area contributed by atoms with Gasteiger partial charge in [-0.05, 0) is 88.7 Å². The van der Waals surface area contributed by atoms with Crippen LogP contribution < -0.4 is 5.32 Å². The van der Waals surface area contributed by atoms with Crippen molar-refractivity contribution in [1.29, 1.82) is 0 Å². The number of aromatic nitrogens is 1. The predicted molar refractivity (Wildman–Crippen MR) is 116 cm³/mol. The SMILES string of the molecule is O=C(NCC1=CCCCC1)C1CCCN(C2CCN(Cc3ccncc3)CC2)C1. The highest BCUT2D eigenvalue weighted by Crippen LogP contribution is 2.25. The molecular weight excluding hydrogens is 360 g/mol. The molecule has 1 aliphatic carbocycles. The average Bonchev–Trinajstić information content (AvgIpc) is 2.79. The fourth-order valence-corrected chi connectivity index (χ4v) is 5.15. The molecule has 2 saturated heterocycles. The Balaban J connectivity index is 1.21. The molecule has 29 heavy (non-hydrogen) atoms. The highest BCUT2D eigenvalue weighted by Gasteiger charge is 2.31. The first kappa shape index (κ1) is 20.5. The molecule has 2 fully saturated rings. The summed E-state index contributed by atoms with van der Waals surface area (Å²) in [7, 11) is 0. The Hall–Kier alpha value is -1.72. The summed E-state index contributed by atoms with van der Waals surface area (Å²) in [5.74, 6) is 0.444. The highest BCUT2D eigenvalue weighted by molar-refractivity contribution is 5.79. The number of hydrogen-bond acceptors (Lipinski definition) is 4. The normalized spacial score (nSPS) is 24.8. The standard InChI is InChI=1S/C24H36N4O/c29-24(26-17-20-5-2-1-3-6-20)22-7-4-14-28(19-22)23-10-15-27(16-11-23)18-21-8-12-25-13-9-21/h5,8-9,12-13,22-23H,1-4,6-7,10-11,14-19H2,(H,26,29). The number of likely N-dealkylation sites (tertiary alicyclic amines) is 2. The number of amides is 1. The fraction of sp³-hybridized carbons (Fsp3) is 0.667. The van der Waals surface area contributed by atoms with E-state index in [2.05, 4.69) is 38.3 Å². The van der Waals surface area contributed by atoms with Crippen molar-refractivity contribution >= 4 is 5.91 Å². The zero-order chi connectivity index (χ0) is 19.9. The lowest BCUT2D eigenvalue weighted by Crippen LogP contribution is -2.50. The van der Waals surface area contributed by atoms with Crippen molar-refractivity contribution in [2.24, 2.45) is 5.92 Å². The molecular formula is C24H36N4O. The van der Waals surface area contributed by atoms with Crippen molar-refractivity contribution in [3.8, 4) is 0 Å². The lowest BCUT2D eigenvalue weighted by atomic mass is 9.93. The number of rotatable bonds is 6. The van der Waals surface area contributed by atoms with Crippen LogP contribution in [0.25, 0.3) is 0 Å². The third kappa shape index (κ3) is 5.89. The molecule has 1 aromatic rings. The number of allylic oxidation sites excluding steroid dienone is 1. The monoisotopic (exact) mass is 396 g/mol. The second-order valence-corrected chi connectivity index (χ2v) is 9.02. The van der Waals surface area contributed by atoms with Crippen molar-refractivity contribution in [1.82, 2.24) is 20.1 Å². The van der Waals surface area contributed by atoms with Crippen LogP contribution in [-0.2, 0) is 11.3 Å². The van der Waals surface area contributed by atoms with Crippen LogP contribution in [0.3, 0.4) is 0 Å². The number of hydrogen-bond donors (Lipinski definition) is 1. The molecule has 2 aliphatic heterocycles. The van der Waals surface area contributed by atoms with Crippen LogP contribution in [0.4, 0.5) is 0 Å². The molecule has 0 radical (unpaired) electrons. The average molecular weight is 397 g/mol. The molecule has 3 aliphatic rings. The van der Waals surface area contributed by atoms with Crippen LogP contribution in [-0.4, -0.2) is 59.5 Å². The van der Waals surface area contributed by atoms with Gasteiger partial charge in [0.25, 0.3) is 0 Å². The first-order valence-electron chi connectivity index (χ1n) is 11.6. The van der Waals surface area contributed by atoms with E-state index in [9.17, 15) is 4.79 Å². The predicted octanol–water partition coefficient (Wildman–Crippen LogP) is 3.37. The van der Waals surface area contributed by atoms with Gasteiger partial charge in [0.05, 0.1) is 5.92 Å². The van der Waals surface area contributed by atoms with Gasteiger partial charge in [-0.1, -0.05) is 11.6 Å². The summed E-state index contributed by atoms with van der Waals surface area (Å²) in [4.78, 5) is 22.0. The maximum absolute atomic E-state index is 12.7. The smallest absolute Gasteiger partial charge is 0.224 e. The van der Waals surface area contributed by atoms with Gasteiger partial charge in [-0.2, -0.15) is 0 Å². The Kier molecular flexibility index (Phi) is 7.33. The molecule has 0 bridgehead atoms. The molecule has 1 N–H and O–H groups in total. The number of pyridine rings is 1. The molecule has 4 rings (SSSR count). The second kappa shape index (κ2) is 10.4. The lowest BCUT2D eigenvalue weighted by Gasteiger charge is -2.42. The van der Waals surface area contributed by atoms with Gasteiger partial charge in [0, 0.05) is 38.1 Å². The van der Waals surface area contributed by atoms with E-state index in [1.807, 2.05) is 12.4 Å². The van der Waals surface area contributed by atoms with Gasteiger partial charge in [0.2, 0.25) is 5.91 Å². The Labute approximate surface area is 175 Å². The van der Waals surface area contributed by atoms with Gasteiger partial charge in [-0.15, -0.1) is 0 Å².